The highest BCUT2D eigenvalue weighted by molar-refractivity contribution is 5.27. The lowest BCUT2D eigenvalue weighted by Gasteiger charge is -2.09. The zero-order chi connectivity index (χ0) is 13.7. The third-order valence-corrected chi connectivity index (χ3v) is 2.67. The van der Waals surface area contributed by atoms with Crippen LogP contribution in [0, 0.1) is 0 Å². The fourth-order valence-electron chi connectivity index (χ4n) is 1.64. The van der Waals surface area contributed by atoms with Gasteiger partial charge >= 0.3 is 0 Å². The summed E-state index contributed by atoms with van der Waals surface area (Å²) in [7, 11) is 1.84. The molecule has 19 heavy (non-hydrogen) atoms. The molecule has 2 aromatic rings. The summed E-state index contributed by atoms with van der Waals surface area (Å²) in [6.45, 7) is 5.59. The first kappa shape index (κ1) is 13.5. The van der Waals surface area contributed by atoms with Crippen LogP contribution in [-0.4, -0.2) is 21.0 Å². The molecular weight excluding hydrogens is 240 g/mol. The smallest absolute Gasteiger partial charge is 0.134 e. The maximum Gasteiger partial charge on any atom is 0.134 e. The molecule has 0 spiro atoms. The minimum absolute atomic E-state index is 0.442. The Kier molecular flexibility index (Phi) is 4.52. The lowest BCUT2D eigenvalue weighted by atomic mass is 10.2. The molecule has 102 valence electrons. The van der Waals surface area contributed by atoms with Crippen molar-refractivity contribution in [3.8, 4) is 5.75 Å². The number of aromatic nitrogens is 3. The zero-order valence-electron chi connectivity index (χ0n) is 11.6. The van der Waals surface area contributed by atoms with E-state index in [-0.39, 0.29) is 0 Å². The molecule has 0 amide bonds. The average Bonchev–Trinajstić information content (AvgIpc) is 2.81. The molecule has 0 unspecified atom stereocenters. The molecule has 0 aliphatic rings. The molecule has 0 saturated heterocycles. The summed E-state index contributed by atoms with van der Waals surface area (Å²) in [5.41, 5.74) is 2.08. The van der Waals surface area contributed by atoms with Crippen LogP contribution in [-0.2, 0) is 20.2 Å². The lowest BCUT2D eigenvalue weighted by molar-refractivity contribution is 0.301. The average molecular weight is 260 g/mol. The molecule has 1 N–H and O–H groups in total. The molecule has 1 heterocycles. The summed E-state index contributed by atoms with van der Waals surface area (Å²) in [4.78, 5) is 0. The minimum atomic E-state index is 0.442. The predicted molar refractivity (Wildman–Crippen MR) is 73.8 cm³/mol. The van der Waals surface area contributed by atoms with Crippen LogP contribution in [0.1, 0.15) is 25.1 Å². The number of nitrogens with zero attached hydrogens (tertiary/aromatic N) is 3. The number of hydrogen-bond donors (Lipinski definition) is 1. The van der Waals surface area contributed by atoms with Gasteiger partial charge in [0.1, 0.15) is 18.1 Å². The van der Waals surface area contributed by atoms with Crippen LogP contribution in [0.3, 0.4) is 0 Å². The third-order valence-electron chi connectivity index (χ3n) is 2.67. The lowest BCUT2D eigenvalue weighted by Crippen LogP contribution is -2.21. The predicted octanol–water partition coefficient (Wildman–Crippen LogP) is 1.89. The van der Waals surface area contributed by atoms with Crippen LogP contribution in [0.4, 0.5) is 0 Å². The summed E-state index contributed by atoms with van der Waals surface area (Å²) in [5, 5.41) is 11.2. The van der Waals surface area contributed by atoms with Gasteiger partial charge in [-0.1, -0.05) is 31.2 Å². The van der Waals surface area contributed by atoms with E-state index < -0.39 is 0 Å². The SMILES string of the molecule is CC(C)NCc1ccc(OCc2cn(C)nn2)cc1. The van der Waals surface area contributed by atoms with Gasteiger partial charge in [0.2, 0.25) is 0 Å². The van der Waals surface area contributed by atoms with Crippen molar-refractivity contribution in [2.45, 2.75) is 33.0 Å². The highest BCUT2D eigenvalue weighted by atomic mass is 16.5. The first-order chi connectivity index (χ1) is 9.13. The van der Waals surface area contributed by atoms with E-state index in [1.165, 1.54) is 5.56 Å². The molecule has 1 aromatic carbocycles. The first-order valence-electron chi connectivity index (χ1n) is 6.44. The van der Waals surface area contributed by atoms with Gasteiger partial charge in [0, 0.05) is 19.6 Å². The second kappa shape index (κ2) is 6.33. The number of benzene rings is 1. The largest absolute Gasteiger partial charge is 0.487 e. The molecule has 5 nitrogen and oxygen atoms in total. The van der Waals surface area contributed by atoms with Gasteiger partial charge in [-0.15, -0.1) is 5.10 Å². The van der Waals surface area contributed by atoms with Gasteiger partial charge in [0.05, 0.1) is 6.20 Å². The maximum absolute atomic E-state index is 5.65. The highest BCUT2D eigenvalue weighted by Gasteiger charge is 2.01. The number of hydrogen-bond acceptors (Lipinski definition) is 4. The van der Waals surface area contributed by atoms with Crippen LogP contribution >= 0.6 is 0 Å². The fraction of sp³-hybridized carbons (Fsp3) is 0.429. The van der Waals surface area contributed by atoms with Gasteiger partial charge in [-0.05, 0) is 17.7 Å². The van der Waals surface area contributed by atoms with Crippen molar-refractivity contribution >= 4 is 0 Å². The van der Waals surface area contributed by atoms with Gasteiger partial charge in [-0.3, -0.25) is 4.68 Å². The number of ether oxygens (including phenoxy) is 1. The van der Waals surface area contributed by atoms with E-state index in [9.17, 15) is 0 Å². The molecule has 2 rings (SSSR count). The molecule has 5 heteroatoms. The molecule has 0 radical (unpaired) electrons. The Hall–Kier alpha value is -1.88. The van der Waals surface area contributed by atoms with Gasteiger partial charge in [0.25, 0.3) is 0 Å². The monoisotopic (exact) mass is 260 g/mol. The molecule has 0 fully saturated rings. The second-order valence-corrected chi connectivity index (χ2v) is 4.85. The Morgan fingerprint density at radius 2 is 2.00 bits per heavy atom. The van der Waals surface area contributed by atoms with Gasteiger partial charge in [-0.25, -0.2) is 0 Å². The van der Waals surface area contributed by atoms with Crippen molar-refractivity contribution in [3.05, 3.63) is 41.7 Å². The Balaban J connectivity index is 1.84. The summed E-state index contributed by atoms with van der Waals surface area (Å²) in [6, 6.07) is 8.59. The molecule has 0 atom stereocenters. The molecule has 1 aromatic heterocycles. The third kappa shape index (κ3) is 4.37. The topological polar surface area (TPSA) is 52.0 Å². The Labute approximate surface area is 113 Å². The summed E-state index contributed by atoms with van der Waals surface area (Å²) in [5.74, 6) is 0.846. The van der Waals surface area contributed by atoms with E-state index in [2.05, 4.69) is 41.6 Å². The number of rotatable bonds is 6. The normalized spacial score (nSPS) is 10.9. The minimum Gasteiger partial charge on any atom is -0.487 e. The van der Waals surface area contributed by atoms with Crippen molar-refractivity contribution in [2.75, 3.05) is 0 Å². The van der Waals surface area contributed by atoms with Gasteiger partial charge in [-0.2, -0.15) is 0 Å². The Morgan fingerprint density at radius 3 is 2.58 bits per heavy atom. The standard InChI is InChI=1S/C14H20N4O/c1-11(2)15-8-12-4-6-14(7-5-12)19-10-13-9-18(3)17-16-13/h4-7,9,11,15H,8,10H2,1-3H3. The van der Waals surface area contributed by atoms with Crippen molar-refractivity contribution in [3.63, 3.8) is 0 Å². The van der Waals surface area contributed by atoms with Crippen molar-refractivity contribution < 1.29 is 4.74 Å². The summed E-state index contributed by atoms with van der Waals surface area (Å²) in [6.07, 6.45) is 1.85. The molecule has 0 aliphatic heterocycles. The van der Waals surface area contributed by atoms with Crippen LogP contribution in [0.2, 0.25) is 0 Å². The Morgan fingerprint density at radius 1 is 1.26 bits per heavy atom. The summed E-state index contributed by atoms with van der Waals surface area (Å²) < 4.78 is 7.32. The Bertz CT molecular complexity index is 504. The summed E-state index contributed by atoms with van der Waals surface area (Å²) >= 11 is 0. The van der Waals surface area contributed by atoms with E-state index in [0.29, 0.717) is 12.6 Å². The molecule has 0 saturated carbocycles. The van der Waals surface area contributed by atoms with Crippen LogP contribution in [0.25, 0.3) is 0 Å². The quantitative estimate of drug-likeness (QED) is 0.861. The number of aryl methyl sites for hydroxylation is 1. The fourth-order valence-corrected chi connectivity index (χ4v) is 1.64. The molecule has 0 aliphatic carbocycles. The van der Waals surface area contributed by atoms with E-state index in [1.54, 1.807) is 4.68 Å². The van der Waals surface area contributed by atoms with Crippen molar-refractivity contribution in [2.24, 2.45) is 7.05 Å². The van der Waals surface area contributed by atoms with Crippen molar-refractivity contribution in [1.29, 1.82) is 0 Å². The molecule has 0 bridgehead atoms. The number of nitrogens with one attached hydrogen (secondary N) is 1. The van der Waals surface area contributed by atoms with E-state index >= 15 is 0 Å². The van der Waals surface area contributed by atoms with Gasteiger partial charge in [0.15, 0.2) is 0 Å². The molecular formula is C14H20N4O. The maximum atomic E-state index is 5.65. The van der Waals surface area contributed by atoms with E-state index in [0.717, 1.165) is 18.0 Å². The highest BCUT2D eigenvalue weighted by Crippen LogP contribution is 2.13. The van der Waals surface area contributed by atoms with E-state index in [4.69, 9.17) is 4.74 Å². The van der Waals surface area contributed by atoms with Crippen LogP contribution < -0.4 is 10.1 Å². The van der Waals surface area contributed by atoms with Crippen LogP contribution in [0.15, 0.2) is 30.5 Å². The van der Waals surface area contributed by atoms with Crippen molar-refractivity contribution in [1.82, 2.24) is 20.3 Å². The second-order valence-electron chi connectivity index (χ2n) is 4.85. The van der Waals surface area contributed by atoms with E-state index in [1.807, 2.05) is 25.4 Å². The van der Waals surface area contributed by atoms with Crippen LogP contribution in [0.5, 0.6) is 5.75 Å². The van der Waals surface area contributed by atoms with Gasteiger partial charge < -0.3 is 10.1 Å². The zero-order valence-corrected chi connectivity index (χ0v) is 11.6. The first-order valence-corrected chi connectivity index (χ1v) is 6.44.